The van der Waals surface area contributed by atoms with E-state index in [1.807, 2.05) is 49.4 Å². The summed E-state index contributed by atoms with van der Waals surface area (Å²) < 4.78 is 0. The van der Waals surface area contributed by atoms with Crippen molar-refractivity contribution in [3.05, 3.63) is 83.9 Å². The van der Waals surface area contributed by atoms with Gasteiger partial charge in [-0.25, -0.2) is 4.98 Å². The maximum atomic E-state index is 9.35. The van der Waals surface area contributed by atoms with Crippen molar-refractivity contribution >= 4 is 16.9 Å². The van der Waals surface area contributed by atoms with Gasteiger partial charge < -0.3 is 5.73 Å². The number of benzene rings is 1. The smallest absolute Gasteiger partial charge is 0.155 e. The van der Waals surface area contributed by atoms with Crippen molar-refractivity contribution in [1.82, 2.24) is 29.9 Å². The van der Waals surface area contributed by atoms with Gasteiger partial charge in [-0.2, -0.15) is 15.2 Å². The zero-order chi connectivity index (χ0) is 22.1. The van der Waals surface area contributed by atoms with Gasteiger partial charge in [-0.3, -0.25) is 9.97 Å². The molecule has 0 saturated carbocycles. The number of rotatable bonds is 4. The third kappa shape index (κ3) is 3.52. The van der Waals surface area contributed by atoms with Gasteiger partial charge in [0.2, 0.25) is 0 Å². The Bertz CT molecular complexity index is 1480. The standard InChI is InChI=1S/C24H18N8/c1-15-4-2-7-19(28-15)14-32-30-22-20(17-8-10-27-11-9-17)21(29-24(26)23(22)31-32)18-6-3-5-16(12-18)13-25/h2-12H,14H2,1H3,(H2,26,29). The van der Waals surface area contributed by atoms with E-state index in [1.165, 1.54) is 0 Å². The number of nitriles is 1. The molecule has 0 aliphatic rings. The molecule has 8 nitrogen and oxygen atoms in total. The Kier molecular flexibility index (Phi) is 4.76. The monoisotopic (exact) mass is 418 g/mol. The number of nitrogens with two attached hydrogens (primary N) is 1. The van der Waals surface area contributed by atoms with Crippen LogP contribution in [0.15, 0.2) is 67.0 Å². The summed E-state index contributed by atoms with van der Waals surface area (Å²) in [6.07, 6.45) is 3.43. The maximum absolute atomic E-state index is 9.35. The van der Waals surface area contributed by atoms with Crippen LogP contribution in [0.5, 0.6) is 0 Å². The zero-order valence-corrected chi connectivity index (χ0v) is 17.3. The van der Waals surface area contributed by atoms with Crippen LogP contribution in [0.25, 0.3) is 33.4 Å². The van der Waals surface area contributed by atoms with Crippen molar-refractivity contribution in [3.63, 3.8) is 0 Å². The van der Waals surface area contributed by atoms with Gasteiger partial charge in [0.05, 0.1) is 23.0 Å². The molecule has 2 N–H and O–H groups in total. The van der Waals surface area contributed by atoms with Crippen molar-refractivity contribution in [3.8, 4) is 28.5 Å². The fourth-order valence-corrected chi connectivity index (χ4v) is 3.67. The molecule has 0 aliphatic heterocycles. The highest BCUT2D eigenvalue weighted by molar-refractivity contribution is 6.02. The number of anilines is 1. The summed E-state index contributed by atoms with van der Waals surface area (Å²) in [7, 11) is 0. The first-order valence-electron chi connectivity index (χ1n) is 10.00. The van der Waals surface area contributed by atoms with E-state index in [9.17, 15) is 5.26 Å². The van der Waals surface area contributed by atoms with Gasteiger partial charge in [0, 0.05) is 29.2 Å². The number of fused-ring (bicyclic) bond motifs is 1. The Balaban J connectivity index is 1.74. The average Bonchev–Trinajstić information content (AvgIpc) is 3.23. The summed E-state index contributed by atoms with van der Waals surface area (Å²) in [5.41, 5.74) is 12.9. The molecule has 0 bridgehead atoms. The summed E-state index contributed by atoms with van der Waals surface area (Å²) in [5.74, 6) is 0.276. The van der Waals surface area contributed by atoms with Crippen molar-refractivity contribution in [1.29, 1.82) is 5.26 Å². The molecule has 0 fully saturated rings. The molecular weight excluding hydrogens is 400 g/mol. The number of pyridine rings is 3. The van der Waals surface area contributed by atoms with Gasteiger partial charge in [0.25, 0.3) is 0 Å². The quantitative estimate of drug-likeness (QED) is 0.472. The molecule has 32 heavy (non-hydrogen) atoms. The van der Waals surface area contributed by atoms with Gasteiger partial charge >= 0.3 is 0 Å². The van der Waals surface area contributed by atoms with Gasteiger partial charge in [-0.1, -0.05) is 18.2 Å². The Morgan fingerprint density at radius 3 is 2.50 bits per heavy atom. The summed E-state index contributed by atoms with van der Waals surface area (Å²) in [6, 6.07) is 19.1. The molecule has 5 aromatic rings. The third-order valence-electron chi connectivity index (χ3n) is 5.09. The molecular formula is C24H18N8. The molecule has 0 saturated heterocycles. The lowest BCUT2D eigenvalue weighted by molar-refractivity contribution is 0.590. The molecule has 0 atom stereocenters. The largest absolute Gasteiger partial charge is 0.382 e. The van der Waals surface area contributed by atoms with Crippen LogP contribution in [0.4, 0.5) is 5.82 Å². The minimum Gasteiger partial charge on any atom is -0.382 e. The number of aromatic nitrogens is 6. The summed E-state index contributed by atoms with van der Waals surface area (Å²) in [5, 5.41) is 18.7. The minimum atomic E-state index is 0.276. The normalized spacial score (nSPS) is 10.9. The molecule has 1 aromatic carbocycles. The lowest BCUT2D eigenvalue weighted by atomic mass is 9.97. The van der Waals surface area contributed by atoms with Crippen LogP contribution >= 0.6 is 0 Å². The second-order valence-electron chi connectivity index (χ2n) is 7.35. The van der Waals surface area contributed by atoms with Gasteiger partial charge in [-0.05, 0) is 48.9 Å². The van der Waals surface area contributed by atoms with Crippen LogP contribution in [0.1, 0.15) is 17.0 Å². The van der Waals surface area contributed by atoms with E-state index in [0.29, 0.717) is 28.8 Å². The molecule has 8 heteroatoms. The van der Waals surface area contributed by atoms with Crippen LogP contribution in [-0.2, 0) is 6.54 Å². The van der Waals surface area contributed by atoms with E-state index in [4.69, 9.17) is 10.8 Å². The Morgan fingerprint density at radius 1 is 0.938 bits per heavy atom. The van der Waals surface area contributed by atoms with E-state index >= 15 is 0 Å². The molecule has 4 aromatic heterocycles. The van der Waals surface area contributed by atoms with Gasteiger partial charge in [-0.15, -0.1) is 5.10 Å². The number of hydrogen-bond acceptors (Lipinski definition) is 7. The molecule has 0 aliphatic carbocycles. The first-order valence-corrected chi connectivity index (χ1v) is 10.00. The second kappa shape index (κ2) is 7.89. The zero-order valence-electron chi connectivity index (χ0n) is 17.3. The first kappa shape index (κ1) is 19.3. The molecule has 0 spiro atoms. The van der Waals surface area contributed by atoms with E-state index in [-0.39, 0.29) is 5.82 Å². The van der Waals surface area contributed by atoms with Gasteiger partial charge in [0.1, 0.15) is 12.1 Å². The molecule has 154 valence electrons. The van der Waals surface area contributed by atoms with Crippen LogP contribution in [0, 0.1) is 18.3 Å². The predicted molar refractivity (Wildman–Crippen MR) is 121 cm³/mol. The fourth-order valence-electron chi connectivity index (χ4n) is 3.67. The van der Waals surface area contributed by atoms with E-state index in [1.54, 1.807) is 29.3 Å². The van der Waals surface area contributed by atoms with Crippen molar-refractivity contribution in [2.45, 2.75) is 13.5 Å². The summed E-state index contributed by atoms with van der Waals surface area (Å²) >= 11 is 0. The Hall–Kier alpha value is -4.64. The molecule has 0 unspecified atom stereocenters. The van der Waals surface area contributed by atoms with E-state index < -0.39 is 0 Å². The second-order valence-corrected chi connectivity index (χ2v) is 7.35. The topological polar surface area (TPSA) is 119 Å². The van der Waals surface area contributed by atoms with Gasteiger partial charge in [0.15, 0.2) is 11.3 Å². The molecule has 0 radical (unpaired) electrons. The van der Waals surface area contributed by atoms with Crippen LogP contribution in [-0.4, -0.2) is 29.9 Å². The van der Waals surface area contributed by atoms with E-state index in [0.717, 1.165) is 28.1 Å². The third-order valence-corrected chi connectivity index (χ3v) is 5.09. The van der Waals surface area contributed by atoms with Crippen molar-refractivity contribution < 1.29 is 0 Å². The maximum Gasteiger partial charge on any atom is 0.155 e. The van der Waals surface area contributed by atoms with Crippen LogP contribution in [0.2, 0.25) is 0 Å². The van der Waals surface area contributed by atoms with Crippen molar-refractivity contribution in [2.75, 3.05) is 5.73 Å². The predicted octanol–water partition coefficient (Wildman–Crippen LogP) is 3.76. The number of hydrogen-bond donors (Lipinski definition) is 1. The lowest BCUT2D eigenvalue weighted by Gasteiger charge is -2.11. The number of nitrogen functional groups attached to an aromatic ring is 1. The number of aryl methyl sites for hydroxylation is 1. The summed E-state index contributed by atoms with van der Waals surface area (Å²) in [4.78, 5) is 14.9. The molecule has 0 amide bonds. The lowest BCUT2D eigenvalue weighted by Crippen LogP contribution is -2.05. The number of nitrogens with zero attached hydrogens (tertiary/aromatic N) is 7. The Labute approximate surface area is 184 Å². The van der Waals surface area contributed by atoms with E-state index in [2.05, 4.69) is 26.1 Å². The highest BCUT2D eigenvalue weighted by atomic mass is 15.5. The van der Waals surface area contributed by atoms with Crippen molar-refractivity contribution in [2.24, 2.45) is 0 Å². The Morgan fingerprint density at radius 2 is 1.72 bits per heavy atom. The highest BCUT2D eigenvalue weighted by Crippen LogP contribution is 2.37. The molecule has 4 heterocycles. The fraction of sp³-hybridized carbons (Fsp3) is 0.0833. The average molecular weight is 418 g/mol. The minimum absolute atomic E-state index is 0.276. The highest BCUT2D eigenvalue weighted by Gasteiger charge is 2.20. The SMILES string of the molecule is Cc1cccc(Cn2nc3c(N)nc(-c4cccc(C#N)c4)c(-c4ccncc4)c3n2)n1. The van der Waals surface area contributed by atoms with Crippen LogP contribution < -0.4 is 5.73 Å². The molecule has 5 rings (SSSR count). The summed E-state index contributed by atoms with van der Waals surface area (Å²) in [6.45, 7) is 2.35. The van der Waals surface area contributed by atoms with Crippen LogP contribution in [0.3, 0.4) is 0 Å². The first-order chi connectivity index (χ1) is 15.6.